The topological polar surface area (TPSA) is 76.3 Å². The first-order valence-electron chi connectivity index (χ1n) is 8.20. The predicted molar refractivity (Wildman–Crippen MR) is 106 cm³/mol. The van der Waals surface area contributed by atoms with E-state index in [1.165, 1.54) is 21.7 Å². The second-order valence-corrected chi connectivity index (χ2v) is 6.38. The summed E-state index contributed by atoms with van der Waals surface area (Å²) in [6, 6.07) is 9.12. The summed E-state index contributed by atoms with van der Waals surface area (Å²) in [4.78, 5) is 39.2. The van der Waals surface area contributed by atoms with Crippen LogP contribution in [0.5, 0.6) is 0 Å². The van der Waals surface area contributed by atoms with E-state index in [0.717, 1.165) is 0 Å². The number of carbonyl (C=O) groups excluding carboxylic acids is 2. The molecule has 1 aliphatic rings. The number of nitrogens with zero attached hydrogens (tertiary/aromatic N) is 3. The molecule has 7 nitrogen and oxygen atoms in total. The van der Waals surface area contributed by atoms with Gasteiger partial charge in [0.2, 0.25) is 0 Å². The molecule has 0 spiro atoms. The third kappa shape index (κ3) is 3.15. The molecule has 0 aliphatic carbocycles. The molecule has 0 bridgehead atoms. The lowest BCUT2D eigenvalue weighted by Gasteiger charge is -2.27. The summed E-state index contributed by atoms with van der Waals surface area (Å²) >= 11 is 5.03. The number of benzene rings is 1. The molecule has 8 heteroatoms. The quantitative estimate of drug-likeness (QED) is 0.374. The molecule has 3 rings (SSSR count). The largest absolute Gasteiger partial charge is 0.298 e. The number of hydrogen-bond acceptors (Lipinski definition) is 4. The number of nitrogens with one attached hydrogen (secondary N) is 1. The van der Waals surface area contributed by atoms with Crippen LogP contribution in [-0.4, -0.2) is 37.7 Å². The zero-order chi connectivity index (χ0) is 19.7. The van der Waals surface area contributed by atoms with E-state index in [-0.39, 0.29) is 28.4 Å². The Morgan fingerprint density at radius 2 is 1.85 bits per heavy atom. The fourth-order valence-corrected chi connectivity index (χ4v) is 3.14. The van der Waals surface area contributed by atoms with Crippen molar-refractivity contribution in [2.24, 2.45) is 7.05 Å². The number of rotatable bonds is 4. The molecule has 2 aromatic rings. The molecule has 0 unspecified atom stereocenters. The van der Waals surface area contributed by atoms with Gasteiger partial charge in [0.1, 0.15) is 5.57 Å². The van der Waals surface area contributed by atoms with Gasteiger partial charge < -0.3 is 0 Å². The molecule has 27 heavy (non-hydrogen) atoms. The maximum Gasteiger partial charge on any atom is 0.278 e. The maximum absolute atomic E-state index is 13.0. The minimum Gasteiger partial charge on any atom is -0.298 e. The predicted octanol–water partition coefficient (Wildman–Crippen LogP) is 1.30. The van der Waals surface area contributed by atoms with Crippen LogP contribution >= 0.6 is 12.2 Å². The Labute approximate surface area is 161 Å². The van der Waals surface area contributed by atoms with Gasteiger partial charge in [-0.3, -0.25) is 29.3 Å². The van der Waals surface area contributed by atoms with Crippen molar-refractivity contribution in [1.29, 1.82) is 0 Å². The van der Waals surface area contributed by atoms with E-state index >= 15 is 0 Å². The van der Waals surface area contributed by atoms with Crippen LogP contribution in [0.15, 0.2) is 53.4 Å². The Hall–Kier alpha value is -3.26. The second-order valence-electron chi connectivity index (χ2n) is 6.00. The molecule has 1 fully saturated rings. The van der Waals surface area contributed by atoms with Gasteiger partial charge in [-0.15, -0.1) is 6.58 Å². The Kier molecular flexibility index (Phi) is 4.91. The summed E-state index contributed by atoms with van der Waals surface area (Å²) in [7, 11) is 1.74. The fourth-order valence-electron chi connectivity index (χ4n) is 2.89. The number of amides is 2. The van der Waals surface area contributed by atoms with Gasteiger partial charge >= 0.3 is 0 Å². The molecule has 1 aromatic carbocycles. The van der Waals surface area contributed by atoms with Gasteiger partial charge in [-0.25, -0.2) is 4.68 Å². The zero-order valence-corrected chi connectivity index (χ0v) is 15.7. The Morgan fingerprint density at radius 3 is 2.48 bits per heavy atom. The van der Waals surface area contributed by atoms with E-state index in [1.807, 2.05) is 18.2 Å². The van der Waals surface area contributed by atoms with Crippen LogP contribution in [0.1, 0.15) is 11.3 Å². The van der Waals surface area contributed by atoms with Crippen molar-refractivity contribution in [1.82, 2.24) is 19.6 Å². The van der Waals surface area contributed by atoms with Crippen molar-refractivity contribution in [2.45, 2.75) is 6.92 Å². The highest BCUT2D eigenvalue weighted by atomic mass is 32.1. The van der Waals surface area contributed by atoms with Gasteiger partial charge in [0.05, 0.1) is 11.3 Å². The summed E-state index contributed by atoms with van der Waals surface area (Å²) in [6.45, 7) is 5.50. The van der Waals surface area contributed by atoms with Crippen LogP contribution in [0.2, 0.25) is 0 Å². The van der Waals surface area contributed by atoms with E-state index in [4.69, 9.17) is 12.2 Å². The third-order valence-electron chi connectivity index (χ3n) is 4.38. The van der Waals surface area contributed by atoms with Gasteiger partial charge in [0.25, 0.3) is 17.4 Å². The van der Waals surface area contributed by atoms with Gasteiger partial charge in [0, 0.05) is 19.3 Å². The van der Waals surface area contributed by atoms with Crippen molar-refractivity contribution in [2.75, 3.05) is 6.54 Å². The first-order chi connectivity index (χ1) is 12.9. The lowest BCUT2D eigenvalue weighted by atomic mass is 10.1. The highest BCUT2D eigenvalue weighted by Gasteiger charge is 2.33. The highest BCUT2D eigenvalue weighted by Crippen LogP contribution is 2.17. The number of aromatic nitrogens is 2. The highest BCUT2D eigenvalue weighted by molar-refractivity contribution is 7.80. The van der Waals surface area contributed by atoms with Crippen LogP contribution in [-0.2, 0) is 16.6 Å². The second kappa shape index (κ2) is 7.16. The Balaban J connectivity index is 2.13. The van der Waals surface area contributed by atoms with Gasteiger partial charge in [-0.1, -0.05) is 24.3 Å². The first kappa shape index (κ1) is 18.5. The molecule has 0 radical (unpaired) electrons. The van der Waals surface area contributed by atoms with Crippen LogP contribution < -0.4 is 10.9 Å². The molecular formula is C19H18N4O3S. The van der Waals surface area contributed by atoms with Crippen LogP contribution in [0.25, 0.3) is 11.8 Å². The zero-order valence-electron chi connectivity index (χ0n) is 14.9. The van der Waals surface area contributed by atoms with E-state index in [1.54, 1.807) is 30.8 Å². The summed E-state index contributed by atoms with van der Waals surface area (Å²) in [5, 5.41) is 2.49. The fraction of sp³-hybridized carbons (Fsp3) is 0.158. The minimum atomic E-state index is -0.626. The molecule has 2 amide bonds. The number of para-hydroxylation sites is 1. The van der Waals surface area contributed by atoms with Crippen LogP contribution in [0, 0.1) is 6.92 Å². The SMILES string of the molecule is C=CCN1C(=O)/C(=C\c2c(C)n(C)n(-c3ccccc3)c2=O)C(=O)NC1=S. The van der Waals surface area contributed by atoms with Crippen molar-refractivity contribution in [3.8, 4) is 5.69 Å². The maximum atomic E-state index is 13.0. The molecule has 1 N–H and O–H groups in total. The average Bonchev–Trinajstić information content (AvgIpc) is 2.85. The molecule has 2 heterocycles. The molecule has 0 atom stereocenters. The minimum absolute atomic E-state index is 0.0218. The normalized spacial score (nSPS) is 16.0. The van der Waals surface area contributed by atoms with Crippen molar-refractivity contribution < 1.29 is 9.59 Å². The smallest absolute Gasteiger partial charge is 0.278 e. The van der Waals surface area contributed by atoms with Crippen molar-refractivity contribution >= 4 is 35.2 Å². The van der Waals surface area contributed by atoms with E-state index in [0.29, 0.717) is 11.4 Å². The summed E-state index contributed by atoms with van der Waals surface area (Å²) in [5.41, 5.74) is 1.12. The molecule has 1 aliphatic heterocycles. The van der Waals surface area contributed by atoms with E-state index in [2.05, 4.69) is 11.9 Å². The molecule has 1 aromatic heterocycles. The standard InChI is InChI=1S/C19H18N4O3S/c1-4-10-22-17(25)15(16(24)20-19(22)27)11-14-12(2)21(3)23(18(14)26)13-8-6-5-7-9-13/h4-9,11H,1,10H2,2-3H3,(H,20,24,27)/b15-11-. The van der Waals surface area contributed by atoms with Gasteiger partial charge in [0.15, 0.2) is 5.11 Å². The number of thiocarbonyl (C=S) groups is 1. The summed E-state index contributed by atoms with van der Waals surface area (Å²) in [6.07, 6.45) is 2.84. The summed E-state index contributed by atoms with van der Waals surface area (Å²) in [5.74, 6) is -1.18. The Morgan fingerprint density at radius 1 is 1.19 bits per heavy atom. The average molecular weight is 382 g/mol. The Bertz CT molecular complexity index is 1050. The van der Waals surface area contributed by atoms with Gasteiger partial charge in [-0.2, -0.15) is 0 Å². The van der Waals surface area contributed by atoms with Gasteiger partial charge in [-0.05, 0) is 37.4 Å². The van der Waals surface area contributed by atoms with Crippen LogP contribution in [0.3, 0.4) is 0 Å². The molecular weight excluding hydrogens is 364 g/mol. The van der Waals surface area contributed by atoms with E-state index in [9.17, 15) is 14.4 Å². The number of carbonyl (C=O) groups is 2. The monoisotopic (exact) mass is 382 g/mol. The first-order valence-corrected chi connectivity index (χ1v) is 8.61. The van der Waals surface area contributed by atoms with E-state index < -0.39 is 11.8 Å². The summed E-state index contributed by atoms with van der Waals surface area (Å²) < 4.78 is 3.17. The molecule has 138 valence electrons. The lowest BCUT2D eigenvalue weighted by Crippen LogP contribution is -2.53. The third-order valence-corrected chi connectivity index (χ3v) is 4.71. The van der Waals surface area contributed by atoms with Crippen molar-refractivity contribution in [3.05, 3.63) is 70.2 Å². The lowest BCUT2D eigenvalue weighted by molar-refractivity contribution is -0.128. The molecule has 1 saturated heterocycles. The number of hydrogen-bond donors (Lipinski definition) is 1. The van der Waals surface area contributed by atoms with Crippen molar-refractivity contribution in [3.63, 3.8) is 0 Å². The van der Waals surface area contributed by atoms with Crippen LogP contribution in [0.4, 0.5) is 0 Å². The molecule has 0 saturated carbocycles.